The molecule has 1 aromatic carbocycles. The Kier molecular flexibility index (Phi) is 5.38. The average Bonchev–Trinajstić information content (AvgIpc) is 2.80. The van der Waals surface area contributed by atoms with E-state index in [-0.39, 0.29) is 0 Å². The summed E-state index contributed by atoms with van der Waals surface area (Å²) in [6.45, 7) is 5.24. The van der Waals surface area contributed by atoms with Crippen LogP contribution in [0, 0.1) is 0 Å². The molecule has 2 aromatic rings. The van der Waals surface area contributed by atoms with Crippen LogP contribution in [0.1, 0.15) is 36.8 Å². The Morgan fingerprint density at radius 2 is 2.10 bits per heavy atom. The molecule has 2 rings (SSSR count). The molecule has 0 bridgehead atoms. The zero-order valence-electron chi connectivity index (χ0n) is 12.4. The van der Waals surface area contributed by atoms with E-state index in [9.17, 15) is 0 Å². The highest BCUT2D eigenvalue weighted by Gasteiger charge is 2.16. The summed E-state index contributed by atoms with van der Waals surface area (Å²) in [5, 5.41) is 8.13. The molecule has 0 aliphatic heterocycles. The number of nitrogens with zero attached hydrogens (tertiary/aromatic N) is 2. The van der Waals surface area contributed by atoms with Gasteiger partial charge in [-0.1, -0.05) is 41.9 Å². The number of hydrogen-bond acceptors (Lipinski definition) is 2. The molecule has 0 amide bonds. The van der Waals surface area contributed by atoms with E-state index >= 15 is 0 Å². The molecule has 0 spiro atoms. The predicted molar refractivity (Wildman–Crippen MR) is 86.8 cm³/mol. The van der Waals surface area contributed by atoms with E-state index in [1.54, 1.807) is 0 Å². The van der Waals surface area contributed by atoms with Crippen LogP contribution in [0.3, 0.4) is 0 Å². The maximum absolute atomic E-state index is 4.56. The zero-order chi connectivity index (χ0) is 14.5. The Labute approximate surface area is 129 Å². The molecule has 0 saturated carbocycles. The molecule has 4 heteroatoms. The molecule has 20 heavy (non-hydrogen) atoms. The molecule has 1 heterocycles. The van der Waals surface area contributed by atoms with Gasteiger partial charge in [-0.2, -0.15) is 5.10 Å². The first-order chi connectivity index (χ1) is 9.63. The molecule has 108 valence electrons. The molecule has 0 aliphatic rings. The number of aryl methyl sites for hydroxylation is 2. The van der Waals surface area contributed by atoms with Crippen LogP contribution in [-0.2, 0) is 19.9 Å². The van der Waals surface area contributed by atoms with E-state index in [4.69, 9.17) is 0 Å². The van der Waals surface area contributed by atoms with Crippen LogP contribution in [0.5, 0.6) is 0 Å². The van der Waals surface area contributed by atoms with E-state index in [0.717, 1.165) is 29.6 Å². The lowest BCUT2D eigenvalue weighted by atomic mass is 10.0. The quantitative estimate of drug-likeness (QED) is 0.873. The third-order valence-electron chi connectivity index (χ3n) is 3.47. The lowest BCUT2D eigenvalue weighted by molar-refractivity contribution is 0.507. The fraction of sp³-hybridized carbons (Fsp3) is 0.438. The van der Waals surface area contributed by atoms with Gasteiger partial charge >= 0.3 is 0 Å². The Hall–Kier alpha value is -1.13. The monoisotopic (exact) mass is 335 g/mol. The topological polar surface area (TPSA) is 29.9 Å². The van der Waals surface area contributed by atoms with Gasteiger partial charge in [0.25, 0.3) is 0 Å². The molecule has 1 unspecified atom stereocenters. The van der Waals surface area contributed by atoms with Crippen molar-refractivity contribution < 1.29 is 0 Å². The second-order valence-electron chi connectivity index (χ2n) is 4.98. The normalized spacial score (nSPS) is 12.6. The minimum atomic E-state index is 0.298. The van der Waals surface area contributed by atoms with Gasteiger partial charge in [0.1, 0.15) is 0 Å². The second kappa shape index (κ2) is 7.04. The van der Waals surface area contributed by atoms with Crippen LogP contribution in [0.4, 0.5) is 0 Å². The number of aromatic nitrogens is 2. The molecular formula is C16H22BrN3. The first-order valence-corrected chi connectivity index (χ1v) is 7.94. The smallest absolute Gasteiger partial charge is 0.0625 e. The van der Waals surface area contributed by atoms with E-state index in [0.29, 0.717) is 6.04 Å². The number of halogens is 1. The minimum Gasteiger partial charge on any atom is -0.309 e. The molecule has 0 aliphatic carbocycles. The van der Waals surface area contributed by atoms with Gasteiger partial charge in [0, 0.05) is 11.5 Å². The second-order valence-corrected chi connectivity index (χ2v) is 5.90. The van der Waals surface area contributed by atoms with Crippen molar-refractivity contribution in [2.45, 2.75) is 32.7 Å². The summed E-state index contributed by atoms with van der Waals surface area (Å²) in [7, 11) is 2.03. The molecule has 0 fully saturated rings. The van der Waals surface area contributed by atoms with Crippen LogP contribution in [0.25, 0.3) is 0 Å². The summed E-state index contributed by atoms with van der Waals surface area (Å²) in [6, 6.07) is 11.0. The van der Waals surface area contributed by atoms with Gasteiger partial charge in [0.15, 0.2) is 0 Å². The van der Waals surface area contributed by atoms with Gasteiger partial charge < -0.3 is 5.32 Å². The lowest BCUT2D eigenvalue weighted by Crippen LogP contribution is -2.25. The SMILES string of the molecule is CCNC(Cc1cccc(Br)c1)c1cc(CC)nn1C. The van der Waals surface area contributed by atoms with Gasteiger partial charge in [0.2, 0.25) is 0 Å². The average molecular weight is 336 g/mol. The highest BCUT2D eigenvalue weighted by molar-refractivity contribution is 9.10. The fourth-order valence-corrected chi connectivity index (χ4v) is 2.92. The molecule has 1 atom stereocenters. The van der Waals surface area contributed by atoms with Crippen LogP contribution >= 0.6 is 15.9 Å². The van der Waals surface area contributed by atoms with Gasteiger partial charge in [-0.25, -0.2) is 0 Å². The summed E-state index contributed by atoms with van der Waals surface area (Å²) in [6.07, 6.45) is 1.94. The summed E-state index contributed by atoms with van der Waals surface area (Å²) in [5.74, 6) is 0. The minimum absolute atomic E-state index is 0.298. The Balaban J connectivity index is 2.24. The standard InChI is InChI=1S/C16H22BrN3/c1-4-14-11-16(20(3)19-14)15(18-5-2)10-12-7-6-8-13(17)9-12/h6-9,11,15,18H,4-5,10H2,1-3H3. The first kappa shape index (κ1) is 15.3. The van der Waals surface area contributed by atoms with Crippen LogP contribution < -0.4 is 5.32 Å². The van der Waals surface area contributed by atoms with Crippen molar-refractivity contribution in [1.29, 1.82) is 0 Å². The highest BCUT2D eigenvalue weighted by atomic mass is 79.9. The summed E-state index contributed by atoms with van der Waals surface area (Å²) < 4.78 is 3.13. The van der Waals surface area contributed by atoms with Gasteiger partial charge in [-0.15, -0.1) is 0 Å². The summed E-state index contributed by atoms with van der Waals surface area (Å²) in [4.78, 5) is 0. The summed E-state index contributed by atoms with van der Waals surface area (Å²) in [5.41, 5.74) is 3.73. The maximum atomic E-state index is 4.56. The van der Waals surface area contributed by atoms with Gasteiger partial charge in [-0.05, 0) is 43.1 Å². The molecular weight excluding hydrogens is 314 g/mol. The van der Waals surface area contributed by atoms with Crippen molar-refractivity contribution in [3.8, 4) is 0 Å². The van der Waals surface area contributed by atoms with Crippen LogP contribution in [0.2, 0.25) is 0 Å². The van der Waals surface area contributed by atoms with Crippen molar-refractivity contribution in [3.05, 3.63) is 51.8 Å². The van der Waals surface area contributed by atoms with Gasteiger partial charge in [0.05, 0.1) is 17.4 Å². The third-order valence-corrected chi connectivity index (χ3v) is 3.96. The molecule has 1 N–H and O–H groups in total. The van der Waals surface area contributed by atoms with Crippen molar-refractivity contribution >= 4 is 15.9 Å². The highest BCUT2D eigenvalue weighted by Crippen LogP contribution is 2.21. The van der Waals surface area contributed by atoms with Crippen LogP contribution in [-0.4, -0.2) is 16.3 Å². The van der Waals surface area contributed by atoms with E-state index < -0.39 is 0 Å². The van der Waals surface area contributed by atoms with Crippen LogP contribution in [0.15, 0.2) is 34.8 Å². The van der Waals surface area contributed by atoms with E-state index in [1.165, 1.54) is 11.3 Å². The molecule has 1 aromatic heterocycles. The fourth-order valence-electron chi connectivity index (χ4n) is 2.47. The maximum Gasteiger partial charge on any atom is 0.0625 e. The van der Waals surface area contributed by atoms with Crippen molar-refractivity contribution in [1.82, 2.24) is 15.1 Å². The number of nitrogens with one attached hydrogen (secondary N) is 1. The number of likely N-dealkylation sites (N-methyl/N-ethyl adjacent to an activating group) is 1. The van der Waals surface area contributed by atoms with E-state index in [1.807, 2.05) is 11.7 Å². The molecule has 0 saturated heterocycles. The van der Waals surface area contributed by atoms with Crippen molar-refractivity contribution in [3.63, 3.8) is 0 Å². The van der Waals surface area contributed by atoms with Gasteiger partial charge in [-0.3, -0.25) is 4.68 Å². The number of hydrogen-bond donors (Lipinski definition) is 1. The van der Waals surface area contributed by atoms with Crippen molar-refractivity contribution in [2.75, 3.05) is 6.54 Å². The zero-order valence-corrected chi connectivity index (χ0v) is 13.9. The Bertz CT molecular complexity index is 563. The third kappa shape index (κ3) is 3.70. The molecule has 0 radical (unpaired) electrons. The Morgan fingerprint density at radius 1 is 1.30 bits per heavy atom. The van der Waals surface area contributed by atoms with E-state index in [2.05, 4.69) is 70.5 Å². The largest absolute Gasteiger partial charge is 0.309 e. The number of rotatable bonds is 6. The number of benzene rings is 1. The molecule has 3 nitrogen and oxygen atoms in total. The Morgan fingerprint density at radius 3 is 2.70 bits per heavy atom. The first-order valence-electron chi connectivity index (χ1n) is 7.14. The lowest BCUT2D eigenvalue weighted by Gasteiger charge is -2.18. The predicted octanol–water partition coefficient (Wildman–Crippen LogP) is 3.64. The summed E-state index contributed by atoms with van der Waals surface area (Å²) >= 11 is 3.54. The van der Waals surface area contributed by atoms with Crippen molar-refractivity contribution in [2.24, 2.45) is 7.05 Å².